The van der Waals surface area contributed by atoms with Crippen molar-refractivity contribution in [2.45, 2.75) is 24.3 Å². The normalized spacial score (nSPS) is 23.2. The topological polar surface area (TPSA) is 129 Å². The Balaban J connectivity index is 1.19. The Morgan fingerprint density at radius 3 is 2.47 bits per heavy atom. The van der Waals surface area contributed by atoms with E-state index in [1.54, 1.807) is 57.0 Å². The van der Waals surface area contributed by atoms with Gasteiger partial charge in [-0.05, 0) is 18.2 Å². The Hall–Kier alpha value is -3.83. The van der Waals surface area contributed by atoms with Crippen LogP contribution in [0.15, 0.2) is 53.3 Å². The zero-order valence-corrected chi connectivity index (χ0v) is 18.7. The van der Waals surface area contributed by atoms with Gasteiger partial charge >= 0.3 is 6.03 Å². The maximum absolute atomic E-state index is 12.6. The molecule has 4 heterocycles. The maximum atomic E-state index is 12.6. The third-order valence-electron chi connectivity index (χ3n) is 5.72. The molecule has 0 radical (unpaired) electrons. The molecule has 4 unspecified atom stereocenters. The third-order valence-corrected chi connectivity index (χ3v) is 5.72. The zero-order chi connectivity index (χ0) is 23.5. The fraction of sp³-hybridized carbons (Fsp3) is 0.348. The molecule has 11 heteroatoms. The van der Waals surface area contributed by atoms with Gasteiger partial charge in [-0.15, -0.1) is 0 Å². The first-order valence-electron chi connectivity index (χ1n) is 10.8. The average Bonchev–Trinajstić information content (AvgIpc) is 3.60. The molecule has 2 fully saturated rings. The highest BCUT2D eigenvalue weighted by atomic mass is 16.6. The molecule has 34 heavy (non-hydrogen) atoms. The molecular formula is C23H25N5O6. The van der Waals surface area contributed by atoms with Crippen molar-refractivity contribution in [2.24, 2.45) is 0 Å². The van der Waals surface area contributed by atoms with Crippen LogP contribution in [-0.2, 0) is 9.47 Å². The summed E-state index contributed by atoms with van der Waals surface area (Å²) in [5.74, 6) is 2.26. The van der Waals surface area contributed by atoms with Crippen LogP contribution in [-0.4, -0.2) is 67.7 Å². The molecule has 5 rings (SSSR count). The smallest absolute Gasteiger partial charge is 0.319 e. The molecular weight excluding hydrogens is 442 g/mol. The van der Waals surface area contributed by atoms with Gasteiger partial charge in [0, 0.05) is 30.1 Å². The predicted octanol–water partition coefficient (Wildman–Crippen LogP) is 2.52. The molecule has 0 aliphatic carbocycles. The number of hydrogen-bond acceptors (Lipinski definition) is 9. The van der Waals surface area contributed by atoms with Crippen molar-refractivity contribution in [3.63, 3.8) is 0 Å². The van der Waals surface area contributed by atoms with Gasteiger partial charge in [0.25, 0.3) is 0 Å². The fourth-order valence-corrected chi connectivity index (χ4v) is 4.12. The number of urea groups is 1. The number of carbonyl (C=O) groups excluding carboxylic acids is 1. The molecule has 0 spiro atoms. The van der Waals surface area contributed by atoms with Crippen LogP contribution in [0, 0.1) is 0 Å². The summed E-state index contributed by atoms with van der Waals surface area (Å²) in [7, 11) is 3.10. The Labute approximate surface area is 195 Å². The highest BCUT2D eigenvalue weighted by Crippen LogP contribution is 2.30. The summed E-state index contributed by atoms with van der Waals surface area (Å²) in [5, 5.41) is 9.02. The van der Waals surface area contributed by atoms with Crippen LogP contribution in [0.5, 0.6) is 11.5 Å². The molecule has 0 saturated carbocycles. The molecule has 2 aliphatic rings. The Kier molecular flexibility index (Phi) is 6.19. The molecule has 0 bridgehead atoms. The van der Waals surface area contributed by atoms with Gasteiger partial charge in [-0.1, -0.05) is 0 Å². The number of methoxy groups -OCH3 is 2. The number of rotatable bonds is 7. The molecule has 2 aromatic heterocycles. The predicted molar refractivity (Wildman–Crippen MR) is 122 cm³/mol. The number of anilines is 2. The number of furan rings is 1. The van der Waals surface area contributed by atoms with Crippen molar-refractivity contribution < 1.29 is 28.2 Å². The van der Waals surface area contributed by atoms with E-state index in [9.17, 15) is 4.79 Å². The van der Waals surface area contributed by atoms with E-state index < -0.39 is 0 Å². The fourth-order valence-electron chi connectivity index (χ4n) is 4.12. The number of fused-ring (bicyclic) bond motifs is 1. The molecule has 4 atom stereocenters. The number of amides is 2. The first kappa shape index (κ1) is 22.0. The van der Waals surface area contributed by atoms with Crippen LogP contribution < -0.4 is 25.4 Å². The number of hydrogen-bond donors (Lipinski definition) is 3. The average molecular weight is 467 g/mol. The van der Waals surface area contributed by atoms with Crippen LogP contribution in [0.3, 0.4) is 0 Å². The third kappa shape index (κ3) is 4.61. The quantitative estimate of drug-likeness (QED) is 0.480. The number of nitrogens with zero attached hydrogens (tertiary/aromatic N) is 2. The lowest BCUT2D eigenvalue weighted by Crippen LogP contribution is -2.46. The molecule has 2 amide bonds. The lowest BCUT2D eigenvalue weighted by Gasteiger charge is -2.19. The van der Waals surface area contributed by atoms with Crippen LogP contribution >= 0.6 is 0 Å². The molecule has 3 aromatic rings. The SMILES string of the molecule is COc1cc(NC(=O)NC2COC3C(Nc4nccc(-c5ccco5)n4)COC23)cc(OC)c1. The van der Waals surface area contributed by atoms with E-state index in [0.29, 0.717) is 47.8 Å². The molecule has 2 saturated heterocycles. The van der Waals surface area contributed by atoms with E-state index in [0.717, 1.165) is 0 Å². The number of aromatic nitrogens is 2. The zero-order valence-electron chi connectivity index (χ0n) is 18.7. The lowest BCUT2D eigenvalue weighted by molar-refractivity contribution is 0.0683. The minimum atomic E-state index is -0.376. The van der Waals surface area contributed by atoms with E-state index in [4.69, 9.17) is 23.4 Å². The highest BCUT2D eigenvalue weighted by molar-refractivity contribution is 5.90. The summed E-state index contributed by atoms with van der Waals surface area (Å²) >= 11 is 0. The summed E-state index contributed by atoms with van der Waals surface area (Å²) in [5.41, 5.74) is 1.22. The summed E-state index contributed by atoms with van der Waals surface area (Å²) in [6.07, 6.45) is 2.72. The number of ether oxygens (including phenoxy) is 4. The number of carbonyl (C=O) groups is 1. The molecule has 178 valence electrons. The van der Waals surface area contributed by atoms with E-state index in [1.807, 2.05) is 6.07 Å². The van der Waals surface area contributed by atoms with Crippen molar-refractivity contribution in [3.05, 3.63) is 48.9 Å². The van der Waals surface area contributed by atoms with Gasteiger partial charge in [0.15, 0.2) is 5.76 Å². The van der Waals surface area contributed by atoms with E-state index in [1.165, 1.54) is 0 Å². The van der Waals surface area contributed by atoms with Crippen molar-refractivity contribution >= 4 is 17.7 Å². The van der Waals surface area contributed by atoms with Gasteiger partial charge in [-0.2, -0.15) is 0 Å². The van der Waals surface area contributed by atoms with Gasteiger partial charge < -0.3 is 39.3 Å². The van der Waals surface area contributed by atoms with Gasteiger partial charge in [0.2, 0.25) is 5.95 Å². The number of benzene rings is 1. The maximum Gasteiger partial charge on any atom is 0.319 e. The van der Waals surface area contributed by atoms with Gasteiger partial charge in [-0.3, -0.25) is 0 Å². The van der Waals surface area contributed by atoms with Crippen LogP contribution in [0.2, 0.25) is 0 Å². The van der Waals surface area contributed by atoms with Crippen LogP contribution in [0.25, 0.3) is 11.5 Å². The van der Waals surface area contributed by atoms with Crippen molar-refractivity contribution in [2.75, 3.05) is 38.1 Å². The second kappa shape index (κ2) is 9.57. The van der Waals surface area contributed by atoms with E-state index in [2.05, 4.69) is 25.9 Å². The Morgan fingerprint density at radius 2 is 1.76 bits per heavy atom. The summed E-state index contributed by atoms with van der Waals surface area (Å²) in [6, 6.07) is 9.72. The van der Waals surface area contributed by atoms with Crippen LogP contribution in [0.1, 0.15) is 0 Å². The summed E-state index contributed by atoms with van der Waals surface area (Å²) in [4.78, 5) is 21.4. The first-order chi connectivity index (χ1) is 16.6. The van der Waals surface area contributed by atoms with E-state index in [-0.39, 0.29) is 30.3 Å². The first-order valence-corrected chi connectivity index (χ1v) is 10.8. The van der Waals surface area contributed by atoms with Crippen molar-refractivity contribution in [3.8, 4) is 23.0 Å². The van der Waals surface area contributed by atoms with Gasteiger partial charge in [-0.25, -0.2) is 14.8 Å². The van der Waals surface area contributed by atoms with E-state index >= 15 is 0 Å². The highest BCUT2D eigenvalue weighted by Gasteiger charge is 2.48. The Bertz CT molecular complexity index is 1120. The minimum absolute atomic E-state index is 0.158. The molecule has 1 aromatic carbocycles. The van der Waals surface area contributed by atoms with Gasteiger partial charge in [0.1, 0.15) is 29.4 Å². The standard InChI is InChI=1S/C23H25N5O6/c1-30-14-8-13(9-15(10-14)31-2)25-23(29)28-18-12-34-20-17(11-33-21(18)20)27-22-24-6-5-16(26-22)19-4-3-7-32-19/h3-10,17-18,20-21H,11-12H2,1-2H3,(H,24,26,27)(H2,25,28,29). The minimum Gasteiger partial charge on any atom is -0.497 e. The molecule has 3 N–H and O–H groups in total. The molecule has 2 aliphatic heterocycles. The summed E-state index contributed by atoms with van der Waals surface area (Å²) in [6.45, 7) is 0.728. The largest absolute Gasteiger partial charge is 0.497 e. The second-order valence-corrected chi connectivity index (χ2v) is 7.90. The molecule has 11 nitrogen and oxygen atoms in total. The van der Waals surface area contributed by atoms with Gasteiger partial charge in [0.05, 0.1) is 45.8 Å². The Morgan fingerprint density at radius 1 is 1.03 bits per heavy atom. The van der Waals surface area contributed by atoms with Crippen molar-refractivity contribution in [1.82, 2.24) is 15.3 Å². The summed E-state index contributed by atoms with van der Waals surface area (Å²) < 4.78 is 27.8. The monoisotopic (exact) mass is 467 g/mol. The van der Waals surface area contributed by atoms with Crippen LogP contribution in [0.4, 0.5) is 16.4 Å². The lowest BCUT2D eigenvalue weighted by atomic mass is 10.1. The second-order valence-electron chi connectivity index (χ2n) is 7.90. The van der Waals surface area contributed by atoms with Crippen molar-refractivity contribution in [1.29, 1.82) is 0 Å². The number of nitrogens with one attached hydrogen (secondary N) is 3.